The second-order valence-electron chi connectivity index (χ2n) is 9.41. The Morgan fingerprint density at radius 3 is 2.57 bits per heavy atom. The van der Waals surface area contributed by atoms with Crippen molar-refractivity contribution in [3.05, 3.63) is 103 Å². The van der Waals surface area contributed by atoms with E-state index in [-0.39, 0.29) is 5.75 Å². The predicted octanol–water partition coefficient (Wildman–Crippen LogP) is 6.16. The Bertz CT molecular complexity index is 1380. The van der Waals surface area contributed by atoms with Crippen LogP contribution < -0.4 is 10.2 Å². The fourth-order valence-electron chi connectivity index (χ4n) is 5.06. The molecule has 6 heteroatoms. The monoisotopic (exact) mass is 493 g/mol. The topological polar surface area (TPSA) is 76.6 Å². The molecule has 2 aromatic heterocycles. The maximum atomic E-state index is 10.0. The molecular weight excluding hydrogens is 458 g/mol. The molecule has 0 atom stereocenters. The second-order valence-corrected chi connectivity index (χ2v) is 9.41. The molecular formula is C31H35N5O. The maximum absolute atomic E-state index is 10.0. The minimum absolute atomic E-state index is 0.191. The molecule has 1 aromatic carbocycles. The first-order valence-electron chi connectivity index (χ1n) is 12.8. The van der Waals surface area contributed by atoms with E-state index in [4.69, 9.17) is 0 Å². The number of hydrogen-bond acceptors (Lipinski definition) is 5. The van der Waals surface area contributed by atoms with Gasteiger partial charge in [0, 0.05) is 25.3 Å². The lowest BCUT2D eigenvalue weighted by molar-refractivity contribution is 0.368. The van der Waals surface area contributed by atoms with Crippen LogP contribution in [0.5, 0.6) is 5.75 Å². The Labute approximate surface area is 219 Å². The number of nitriles is 1. The number of pyridine rings is 1. The first-order valence-corrected chi connectivity index (χ1v) is 12.8. The third kappa shape index (κ3) is 5.31. The highest BCUT2D eigenvalue weighted by Gasteiger charge is 2.37. The minimum atomic E-state index is -0.465. The largest absolute Gasteiger partial charge is 0.506 e. The van der Waals surface area contributed by atoms with Crippen molar-refractivity contribution in [2.24, 2.45) is 5.41 Å². The van der Waals surface area contributed by atoms with E-state index in [1.54, 1.807) is 18.3 Å². The van der Waals surface area contributed by atoms with Crippen LogP contribution in [0.4, 0.5) is 5.69 Å². The molecule has 0 radical (unpaired) electrons. The van der Waals surface area contributed by atoms with Crippen LogP contribution in [0.15, 0.2) is 85.6 Å². The van der Waals surface area contributed by atoms with Crippen molar-refractivity contribution in [3.8, 4) is 11.8 Å². The van der Waals surface area contributed by atoms with Gasteiger partial charge < -0.3 is 15.3 Å². The summed E-state index contributed by atoms with van der Waals surface area (Å²) in [6.07, 6.45) is 11.8. The van der Waals surface area contributed by atoms with Crippen LogP contribution in [-0.2, 0) is 13.0 Å². The third-order valence-corrected chi connectivity index (χ3v) is 7.13. The van der Waals surface area contributed by atoms with Crippen molar-refractivity contribution in [3.63, 3.8) is 0 Å². The number of hydrogen-bond donors (Lipinski definition) is 2. The molecule has 4 rings (SSSR count). The summed E-state index contributed by atoms with van der Waals surface area (Å²) in [5.41, 5.74) is 6.28. The number of imidazole rings is 1. The highest BCUT2D eigenvalue weighted by molar-refractivity contribution is 5.65. The molecule has 3 heterocycles. The van der Waals surface area contributed by atoms with Crippen molar-refractivity contribution in [1.82, 2.24) is 14.7 Å². The van der Waals surface area contributed by atoms with Crippen LogP contribution in [0.2, 0.25) is 0 Å². The molecule has 6 nitrogen and oxygen atoms in total. The van der Waals surface area contributed by atoms with Crippen molar-refractivity contribution in [2.45, 2.75) is 39.7 Å². The van der Waals surface area contributed by atoms with Gasteiger partial charge in [-0.25, -0.2) is 4.98 Å². The summed E-state index contributed by atoms with van der Waals surface area (Å²) in [4.78, 5) is 7.03. The van der Waals surface area contributed by atoms with Crippen molar-refractivity contribution >= 4 is 17.0 Å². The van der Waals surface area contributed by atoms with Crippen LogP contribution in [0.3, 0.4) is 0 Å². The number of anilines is 1. The molecule has 0 saturated carbocycles. The van der Waals surface area contributed by atoms with E-state index in [0.717, 1.165) is 66.2 Å². The van der Waals surface area contributed by atoms with Crippen LogP contribution in [0.1, 0.15) is 43.6 Å². The van der Waals surface area contributed by atoms with Gasteiger partial charge in [0.05, 0.1) is 34.8 Å². The van der Waals surface area contributed by atoms with Crippen LogP contribution in [-0.4, -0.2) is 27.6 Å². The Kier molecular flexibility index (Phi) is 7.83. The quantitative estimate of drug-likeness (QED) is 0.349. The third-order valence-electron chi connectivity index (χ3n) is 7.13. The van der Waals surface area contributed by atoms with E-state index in [0.29, 0.717) is 6.54 Å². The molecule has 190 valence electrons. The first-order chi connectivity index (χ1) is 17.9. The molecule has 1 aliphatic rings. The van der Waals surface area contributed by atoms with Gasteiger partial charge in [0.25, 0.3) is 0 Å². The maximum Gasteiger partial charge on any atom is 0.137 e. The average Bonchev–Trinajstić information content (AvgIpc) is 3.30. The summed E-state index contributed by atoms with van der Waals surface area (Å²) in [7, 11) is 0. The van der Waals surface area contributed by atoms with E-state index >= 15 is 0 Å². The van der Waals surface area contributed by atoms with E-state index in [1.165, 1.54) is 5.69 Å². The summed E-state index contributed by atoms with van der Waals surface area (Å²) >= 11 is 0. The standard InChI is InChI=1S/C31H35N5O/c1-5-8-25(9-6-2)31(22-32)16-18-35(19-17-31)26-12-10-24(11-13-26)20-33-23(4)30-28(7-3)34-29-15-14-27(37)21-36(29)30/h5-6,8-15,21,33,37H,1,4,7,16-20H2,2-3H3/b9-6?,25-8+. The number of aromatic hydroxyl groups is 1. The highest BCUT2D eigenvalue weighted by atomic mass is 16.3. The lowest BCUT2D eigenvalue weighted by Crippen LogP contribution is -2.40. The Morgan fingerprint density at radius 2 is 1.95 bits per heavy atom. The average molecular weight is 494 g/mol. The van der Waals surface area contributed by atoms with Gasteiger partial charge in [-0.05, 0) is 61.6 Å². The molecule has 3 aromatic rings. The van der Waals surface area contributed by atoms with Crippen LogP contribution in [0, 0.1) is 16.7 Å². The molecule has 1 fully saturated rings. The fraction of sp³-hybridized carbons (Fsp3) is 0.290. The van der Waals surface area contributed by atoms with Gasteiger partial charge in [0.2, 0.25) is 0 Å². The molecule has 0 bridgehead atoms. The summed E-state index contributed by atoms with van der Waals surface area (Å²) in [5.74, 6) is 0.191. The molecule has 0 amide bonds. The summed E-state index contributed by atoms with van der Waals surface area (Å²) in [5, 5.41) is 23.4. The van der Waals surface area contributed by atoms with E-state index in [1.807, 2.05) is 35.6 Å². The van der Waals surface area contributed by atoms with E-state index in [9.17, 15) is 10.4 Å². The number of allylic oxidation sites excluding steroid dienone is 5. The van der Waals surface area contributed by atoms with Crippen molar-refractivity contribution in [2.75, 3.05) is 18.0 Å². The van der Waals surface area contributed by atoms with E-state index < -0.39 is 5.41 Å². The van der Waals surface area contributed by atoms with Gasteiger partial charge in [-0.3, -0.25) is 4.40 Å². The second kappa shape index (κ2) is 11.2. The minimum Gasteiger partial charge on any atom is -0.506 e. The number of benzene rings is 1. The number of fused-ring (bicyclic) bond motifs is 1. The van der Waals surface area contributed by atoms with E-state index in [2.05, 4.69) is 65.6 Å². The van der Waals surface area contributed by atoms with Crippen LogP contribution in [0.25, 0.3) is 11.3 Å². The normalized spacial score (nSPS) is 15.6. The Hall–Kier alpha value is -4.24. The molecule has 1 aliphatic heterocycles. The Morgan fingerprint density at radius 1 is 1.22 bits per heavy atom. The summed E-state index contributed by atoms with van der Waals surface area (Å²) in [6, 6.07) is 14.6. The highest BCUT2D eigenvalue weighted by Crippen LogP contribution is 2.40. The summed E-state index contributed by atoms with van der Waals surface area (Å²) < 4.78 is 1.89. The zero-order valence-electron chi connectivity index (χ0n) is 21.7. The SMILES string of the molecule is C=C/C=C(\C=CC)C1(C#N)CCN(c2ccc(CNC(=C)c3c(CC)nc4ccc(O)cn34)cc2)CC1. The van der Waals surface area contributed by atoms with Gasteiger partial charge >= 0.3 is 0 Å². The molecule has 0 aliphatic carbocycles. The lowest BCUT2D eigenvalue weighted by atomic mass is 9.73. The van der Waals surface area contributed by atoms with Gasteiger partial charge in [-0.1, -0.05) is 56.5 Å². The molecule has 2 N–H and O–H groups in total. The zero-order chi connectivity index (χ0) is 26.4. The van der Waals surface area contributed by atoms with Gasteiger partial charge in [0.15, 0.2) is 0 Å². The van der Waals surface area contributed by atoms with Gasteiger partial charge in [-0.2, -0.15) is 5.26 Å². The predicted molar refractivity (Wildman–Crippen MR) is 151 cm³/mol. The lowest BCUT2D eigenvalue weighted by Gasteiger charge is -2.39. The Balaban J connectivity index is 1.41. The number of piperidine rings is 1. The van der Waals surface area contributed by atoms with Gasteiger partial charge in [-0.15, -0.1) is 0 Å². The molecule has 0 unspecified atom stereocenters. The number of nitrogens with one attached hydrogen (secondary N) is 1. The first kappa shape index (κ1) is 25.8. The fourth-order valence-corrected chi connectivity index (χ4v) is 5.06. The van der Waals surface area contributed by atoms with Crippen molar-refractivity contribution < 1.29 is 5.11 Å². The van der Waals surface area contributed by atoms with Crippen LogP contribution >= 0.6 is 0 Å². The van der Waals surface area contributed by atoms with Crippen molar-refractivity contribution in [1.29, 1.82) is 5.26 Å². The molecule has 1 saturated heterocycles. The molecule has 37 heavy (non-hydrogen) atoms. The molecule has 0 spiro atoms. The number of rotatable bonds is 9. The van der Waals surface area contributed by atoms with Gasteiger partial charge in [0.1, 0.15) is 11.4 Å². The summed E-state index contributed by atoms with van der Waals surface area (Å²) in [6.45, 7) is 14.4. The smallest absolute Gasteiger partial charge is 0.137 e. The number of aromatic nitrogens is 2. The zero-order valence-corrected chi connectivity index (χ0v) is 21.7. The number of nitrogens with zero attached hydrogens (tertiary/aromatic N) is 4. The number of aryl methyl sites for hydroxylation is 1.